The molecular formula is C11H6Cl2N2O. The van der Waals surface area contributed by atoms with Gasteiger partial charge in [-0.05, 0) is 24.3 Å². The van der Waals surface area contributed by atoms with E-state index in [1.165, 1.54) is 12.4 Å². The van der Waals surface area contributed by atoms with Gasteiger partial charge in [0.05, 0.1) is 10.0 Å². The van der Waals surface area contributed by atoms with Crippen molar-refractivity contribution in [3.05, 3.63) is 58.1 Å². The molecule has 3 nitrogen and oxygen atoms in total. The van der Waals surface area contributed by atoms with Gasteiger partial charge >= 0.3 is 0 Å². The molecule has 2 aromatic heterocycles. The third-order valence-electron chi connectivity index (χ3n) is 1.92. The lowest BCUT2D eigenvalue weighted by molar-refractivity contribution is 0.103. The van der Waals surface area contributed by atoms with Crippen LogP contribution in [0.3, 0.4) is 0 Å². The molecular weight excluding hydrogens is 247 g/mol. The second-order valence-corrected chi connectivity index (χ2v) is 3.93. The quantitative estimate of drug-likeness (QED) is 0.772. The van der Waals surface area contributed by atoms with Crippen LogP contribution in [0.1, 0.15) is 16.2 Å². The Morgan fingerprint density at radius 1 is 0.875 bits per heavy atom. The Kier molecular flexibility index (Phi) is 3.17. The van der Waals surface area contributed by atoms with E-state index in [2.05, 4.69) is 9.97 Å². The smallest absolute Gasteiger partial charge is 0.229 e. The molecule has 0 fully saturated rings. The summed E-state index contributed by atoms with van der Waals surface area (Å²) in [5.74, 6) is -0.256. The monoisotopic (exact) mass is 252 g/mol. The van der Waals surface area contributed by atoms with Crippen molar-refractivity contribution in [2.75, 3.05) is 0 Å². The average Bonchev–Trinajstić information content (AvgIpc) is 2.30. The van der Waals surface area contributed by atoms with Crippen LogP contribution in [0.5, 0.6) is 0 Å². The number of rotatable bonds is 2. The lowest BCUT2D eigenvalue weighted by Crippen LogP contribution is -2.05. The second kappa shape index (κ2) is 4.60. The summed E-state index contributed by atoms with van der Waals surface area (Å²) in [6.07, 6.45) is 2.84. The van der Waals surface area contributed by atoms with E-state index in [9.17, 15) is 4.79 Å². The van der Waals surface area contributed by atoms with Crippen molar-refractivity contribution in [2.24, 2.45) is 0 Å². The summed E-state index contributed by atoms with van der Waals surface area (Å²) in [4.78, 5) is 19.7. The molecule has 0 saturated heterocycles. The van der Waals surface area contributed by atoms with Gasteiger partial charge in [-0.2, -0.15) is 0 Å². The minimum atomic E-state index is -0.256. The van der Waals surface area contributed by atoms with Crippen molar-refractivity contribution < 1.29 is 4.79 Å². The van der Waals surface area contributed by atoms with Crippen LogP contribution in [0.2, 0.25) is 10.0 Å². The Bertz CT molecular complexity index is 461. The highest BCUT2D eigenvalue weighted by Gasteiger charge is 2.11. The molecule has 0 unspecified atom stereocenters. The first-order valence-electron chi connectivity index (χ1n) is 4.44. The molecule has 0 aromatic carbocycles. The number of nitrogens with zero attached hydrogens (tertiary/aromatic N) is 2. The average molecular weight is 253 g/mol. The van der Waals surface area contributed by atoms with Gasteiger partial charge in [0, 0.05) is 12.4 Å². The van der Waals surface area contributed by atoms with Crippen LogP contribution >= 0.6 is 23.2 Å². The largest absolute Gasteiger partial charge is 0.285 e. The lowest BCUT2D eigenvalue weighted by Gasteiger charge is -1.99. The van der Waals surface area contributed by atoms with Crippen molar-refractivity contribution >= 4 is 29.0 Å². The van der Waals surface area contributed by atoms with Crippen LogP contribution in [-0.2, 0) is 0 Å². The topological polar surface area (TPSA) is 42.9 Å². The van der Waals surface area contributed by atoms with Crippen LogP contribution in [0.15, 0.2) is 36.7 Å². The van der Waals surface area contributed by atoms with E-state index in [4.69, 9.17) is 23.2 Å². The van der Waals surface area contributed by atoms with E-state index in [0.29, 0.717) is 21.4 Å². The maximum absolute atomic E-state index is 11.9. The highest BCUT2D eigenvalue weighted by atomic mass is 35.5. The fraction of sp³-hybridized carbons (Fsp3) is 0. The van der Waals surface area contributed by atoms with Crippen LogP contribution < -0.4 is 0 Å². The zero-order valence-corrected chi connectivity index (χ0v) is 9.53. The van der Waals surface area contributed by atoms with Gasteiger partial charge in [0.1, 0.15) is 11.4 Å². The zero-order valence-electron chi connectivity index (χ0n) is 8.02. The van der Waals surface area contributed by atoms with Gasteiger partial charge in [-0.15, -0.1) is 0 Å². The normalized spacial score (nSPS) is 10.1. The van der Waals surface area contributed by atoms with Crippen molar-refractivity contribution in [1.82, 2.24) is 9.97 Å². The van der Waals surface area contributed by atoms with Crippen molar-refractivity contribution in [3.63, 3.8) is 0 Å². The Labute approximate surface area is 102 Å². The first kappa shape index (κ1) is 11.0. The molecule has 0 bridgehead atoms. The molecule has 0 atom stereocenters. The molecule has 0 spiro atoms. The van der Waals surface area contributed by atoms with Gasteiger partial charge in [0.15, 0.2) is 0 Å². The highest BCUT2D eigenvalue weighted by molar-refractivity contribution is 6.30. The molecule has 0 aliphatic heterocycles. The zero-order chi connectivity index (χ0) is 11.5. The van der Waals surface area contributed by atoms with E-state index in [0.717, 1.165) is 0 Å². The standard InChI is InChI=1S/C11H6Cl2N2O/c12-7-1-3-9(14-5-7)11(16)10-4-2-8(13)6-15-10/h1-6H. The maximum atomic E-state index is 11.9. The minimum absolute atomic E-state index is 0.256. The van der Waals surface area contributed by atoms with Gasteiger partial charge in [0.2, 0.25) is 5.78 Å². The van der Waals surface area contributed by atoms with E-state index in [1.807, 2.05) is 0 Å². The number of aromatic nitrogens is 2. The molecule has 0 aliphatic carbocycles. The van der Waals surface area contributed by atoms with E-state index in [-0.39, 0.29) is 5.78 Å². The number of hydrogen-bond donors (Lipinski definition) is 0. The third kappa shape index (κ3) is 2.38. The van der Waals surface area contributed by atoms with Gasteiger partial charge in [-0.3, -0.25) is 14.8 Å². The summed E-state index contributed by atoms with van der Waals surface area (Å²) in [7, 11) is 0. The van der Waals surface area contributed by atoms with Gasteiger partial charge in [-0.1, -0.05) is 23.2 Å². The molecule has 0 aliphatic rings. The van der Waals surface area contributed by atoms with E-state index >= 15 is 0 Å². The molecule has 0 amide bonds. The molecule has 0 radical (unpaired) electrons. The maximum Gasteiger partial charge on any atom is 0.229 e. The molecule has 2 heterocycles. The van der Waals surface area contributed by atoms with E-state index in [1.54, 1.807) is 24.3 Å². The summed E-state index contributed by atoms with van der Waals surface area (Å²) < 4.78 is 0. The Morgan fingerprint density at radius 3 is 1.62 bits per heavy atom. The Hall–Kier alpha value is -1.45. The van der Waals surface area contributed by atoms with Crippen molar-refractivity contribution in [3.8, 4) is 0 Å². The first-order chi connectivity index (χ1) is 7.66. The lowest BCUT2D eigenvalue weighted by atomic mass is 10.2. The summed E-state index contributed by atoms with van der Waals surface area (Å²) in [6, 6.07) is 6.33. The third-order valence-corrected chi connectivity index (χ3v) is 2.37. The number of carbonyl (C=O) groups excluding carboxylic acids is 1. The Balaban J connectivity index is 2.32. The summed E-state index contributed by atoms with van der Waals surface area (Å²) in [5, 5.41) is 0.973. The summed E-state index contributed by atoms with van der Waals surface area (Å²) in [6.45, 7) is 0. The van der Waals surface area contributed by atoms with E-state index < -0.39 is 0 Å². The minimum Gasteiger partial charge on any atom is -0.285 e. The van der Waals surface area contributed by atoms with Gasteiger partial charge < -0.3 is 0 Å². The Morgan fingerprint density at radius 2 is 1.31 bits per heavy atom. The van der Waals surface area contributed by atoms with Crippen molar-refractivity contribution in [1.29, 1.82) is 0 Å². The number of halogens is 2. The number of ketones is 1. The predicted octanol–water partition coefficient (Wildman–Crippen LogP) is 3.01. The van der Waals surface area contributed by atoms with Crippen LogP contribution in [0.4, 0.5) is 0 Å². The fourth-order valence-electron chi connectivity index (χ4n) is 1.15. The molecule has 0 N–H and O–H groups in total. The van der Waals surface area contributed by atoms with Crippen LogP contribution in [0.25, 0.3) is 0 Å². The number of pyridine rings is 2. The molecule has 2 aromatic rings. The predicted molar refractivity (Wildman–Crippen MR) is 61.9 cm³/mol. The second-order valence-electron chi connectivity index (χ2n) is 3.05. The fourth-order valence-corrected chi connectivity index (χ4v) is 1.38. The van der Waals surface area contributed by atoms with Crippen molar-refractivity contribution in [2.45, 2.75) is 0 Å². The number of hydrogen-bond acceptors (Lipinski definition) is 3. The SMILES string of the molecule is O=C(c1ccc(Cl)cn1)c1ccc(Cl)cn1. The van der Waals surface area contributed by atoms with Gasteiger partial charge in [-0.25, -0.2) is 0 Å². The van der Waals surface area contributed by atoms with Crippen LogP contribution in [-0.4, -0.2) is 15.8 Å². The highest BCUT2D eigenvalue weighted by Crippen LogP contribution is 2.11. The summed E-state index contributed by atoms with van der Waals surface area (Å²) in [5.41, 5.74) is 0.610. The van der Waals surface area contributed by atoms with Crippen LogP contribution in [0, 0.1) is 0 Å². The molecule has 16 heavy (non-hydrogen) atoms. The van der Waals surface area contributed by atoms with Gasteiger partial charge in [0.25, 0.3) is 0 Å². The molecule has 80 valence electrons. The molecule has 0 saturated carbocycles. The first-order valence-corrected chi connectivity index (χ1v) is 5.20. The number of carbonyl (C=O) groups is 1. The molecule has 2 rings (SSSR count). The summed E-state index contributed by atoms with van der Waals surface area (Å²) >= 11 is 11.4. The molecule has 5 heteroatoms.